The molecule has 2 bridgehead atoms. The first-order valence-electron chi connectivity index (χ1n) is 11.5. The Morgan fingerprint density at radius 3 is 2.56 bits per heavy atom. The summed E-state index contributed by atoms with van der Waals surface area (Å²) < 4.78 is 8.49. The van der Waals surface area contributed by atoms with Crippen LogP contribution in [0.4, 0.5) is 0 Å². The minimum Gasteiger partial charge on any atom is -0.490 e. The van der Waals surface area contributed by atoms with Gasteiger partial charge in [0.25, 0.3) is 5.56 Å². The maximum absolute atomic E-state index is 13.1. The number of piperidine rings is 1. The van der Waals surface area contributed by atoms with Crippen molar-refractivity contribution in [1.29, 1.82) is 0 Å². The lowest BCUT2D eigenvalue weighted by molar-refractivity contribution is 0.0573. The van der Waals surface area contributed by atoms with Gasteiger partial charge in [0.05, 0.1) is 16.8 Å². The molecule has 0 spiro atoms. The van der Waals surface area contributed by atoms with Crippen molar-refractivity contribution in [2.45, 2.75) is 76.2 Å². The average molecular weight is 454 g/mol. The number of rotatable bonds is 6. The van der Waals surface area contributed by atoms with E-state index in [0.717, 1.165) is 29.2 Å². The zero-order valence-electron chi connectivity index (χ0n) is 19.0. The van der Waals surface area contributed by atoms with Crippen molar-refractivity contribution in [2.75, 3.05) is 7.05 Å². The molecule has 0 aliphatic carbocycles. The van der Waals surface area contributed by atoms with Gasteiger partial charge < -0.3 is 14.7 Å². The Labute approximate surface area is 192 Å². The molecule has 2 saturated heterocycles. The summed E-state index contributed by atoms with van der Waals surface area (Å²) in [6, 6.07) is 10.9. The molecule has 7 heteroatoms. The van der Waals surface area contributed by atoms with Crippen LogP contribution in [0.1, 0.15) is 50.8 Å². The number of hydrogen-bond donors (Lipinski definition) is 1. The van der Waals surface area contributed by atoms with E-state index >= 15 is 0 Å². The van der Waals surface area contributed by atoms with E-state index in [-0.39, 0.29) is 11.7 Å². The molecule has 5 rings (SSSR count). The van der Waals surface area contributed by atoms with Crippen LogP contribution in [0.3, 0.4) is 0 Å². The Bertz CT molecular complexity index is 1150. The molecule has 170 valence electrons. The minimum absolute atomic E-state index is 0.0806. The lowest BCUT2D eigenvalue weighted by atomic mass is 9.98. The van der Waals surface area contributed by atoms with Crippen molar-refractivity contribution < 1.29 is 9.84 Å². The largest absolute Gasteiger partial charge is 0.490 e. The minimum atomic E-state index is -0.775. The third-order valence-corrected chi connectivity index (χ3v) is 8.39. The Kier molecular flexibility index (Phi) is 5.60. The predicted molar refractivity (Wildman–Crippen MR) is 128 cm³/mol. The molecule has 2 unspecified atom stereocenters. The maximum atomic E-state index is 13.1. The van der Waals surface area contributed by atoms with Gasteiger partial charge in [0.2, 0.25) is 0 Å². The third-order valence-electron chi connectivity index (χ3n) is 7.28. The number of fused-ring (bicyclic) bond motifs is 3. The van der Waals surface area contributed by atoms with Crippen LogP contribution in [0, 0.1) is 0 Å². The molecular weight excluding hydrogens is 422 g/mol. The molecule has 4 heterocycles. The quantitative estimate of drug-likeness (QED) is 0.607. The third kappa shape index (κ3) is 4.09. The molecule has 6 nitrogen and oxygen atoms in total. The summed E-state index contributed by atoms with van der Waals surface area (Å²) in [5, 5.41) is 10.4. The Balaban J connectivity index is 1.34. The van der Waals surface area contributed by atoms with E-state index in [1.165, 1.54) is 24.2 Å². The fourth-order valence-corrected chi connectivity index (χ4v) is 6.29. The Morgan fingerprint density at radius 2 is 1.91 bits per heavy atom. The molecule has 2 aliphatic heterocycles. The van der Waals surface area contributed by atoms with Crippen molar-refractivity contribution >= 4 is 21.6 Å². The summed E-state index contributed by atoms with van der Waals surface area (Å²) in [5.41, 5.74) is 0.608. The zero-order valence-corrected chi connectivity index (χ0v) is 19.8. The average Bonchev–Trinajstić information content (AvgIpc) is 3.25. The molecule has 0 radical (unpaired) electrons. The summed E-state index contributed by atoms with van der Waals surface area (Å²) in [5.74, 6) is 0.852. The van der Waals surface area contributed by atoms with Crippen LogP contribution in [0.5, 0.6) is 5.75 Å². The van der Waals surface area contributed by atoms with E-state index in [0.29, 0.717) is 35.1 Å². The van der Waals surface area contributed by atoms with E-state index in [4.69, 9.17) is 4.74 Å². The number of aromatic nitrogens is 2. The van der Waals surface area contributed by atoms with Crippen LogP contribution in [-0.2, 0) is 6.42 Å². The molecule has 3 aromatic rings. The van der Waals surface area contributed by atoms with Crippen molar-refractivity contribution in [3.63, 3.8) is 0 Å². The maximum Gasteiger partial charge on any atom is 0.275 e. The van der Waals surface area contributed by atoms with Crippen LogP contribution in [-0.4, -0.2) is 50.4 Å². The van der Waals surface area contributed by atoms with Gasteiger partial charge in [-0.3, -0.25) is 9.36 Å². The molecule has 0 amide bonds. The molecular formula is C25H31N3O3S. The molecule has 32 heavy (non-hydrogen) atoms. The second-order valence-electron chi connectivity index (χ2n) is 9.63. The molecule has 2 fully saturated rings. The summed E-state index contributed by atoms with van der Waals surface area (Å²) in [7, 11) is 2.23. The van der Waals surface area contributed by atoms with Crippen molar-refractivity contribution in [3.8, 4) is 11.4 Å². The summed E-state index contributed by atoms with van der Waals surface area (Å²) in [4.78, 5) is 21.1. The van der Waals surface area contributed by atoms with Crippen LogP contribution in [0.15, 0.2) is 41.5 Å². The van der Waals surface area contributed by atoms with Crippen molar-refractivity contribution in [3.05, 3.63) is 51.9 Å². The van der Waals surface area contributed by atoms with Gasteiger partial charge in [-0.05, 0) is 76.4 Å². The standard InChI is InChI=1S/C25H31N3O3S/c1-4-25(2,30)14-21-13-22-23(32-21)24(29)28(15-26-22)16-7-9-19(10-8-16)31-20-11-17-5-6-18(12-20)27(17)3/h7-10,13,15,17-18,20,30H,4-6,11-12,14H2,1-3H3/t17-,18+,20?,25?. The monoisotopic (exact) mass is 453 g/mol. The van der Waals surface area contributed by atoms with Crippen molar-refractivity contribution in [1.82, 2.24) is 14.5 Å². The van der Waals surface area contributed by atoms with E-state index in [9.17, 15) is 9.90 Å². The first kappa shape index (κ1) is 21.6. The number of nitrogens with zero attached hydrogens (tertiary/aromatic N) is 3. The smallest absolute Gasteiger partial charge is 0.275 e. The summed E-state index contributed by atoms with van der Waals surface area (Å²) in [6.07, 6.45) is 7.75. The van der Waals surface area contributed by atoms with Gasteiger partial charge in [-0.1, -0.05) is 6.92 Å². The van der Waals surface area contributed by atoms with E-state index in [1.807, 2.05) is 44.2 Å². The fourth-order valence-electron chi connectivity index (χ4n) is 5.07. The van der Waals surface area contributed by atoms with Crippen LogP contribution in [0.2, 0.25) is 0 Å². The second-order valence-corrected chi connectivity index (χ2v) is 10.8. The first-order valence-corrected chi connectivity index (χ1v) is 12.4. The Morgan fingerprint density at radius 1 is 1.22 bits per heavy atom. The molecule has 4 atom stereocenters. The predicted octanol–water partition coefficient (Wildman–Crippen LogP) is 4.15. The molecule has 2 aromatic heterocycles. The molecule has 0 saturated carbocycles. The Hall–Kier alpha value is -2.22. The van der Waals surface area contributed by atoms with Crippen LogP contribution in [0.25, 0.3) is 15.9 Å². The van der Waals surface area contributed by atoms with E-state index in [2.05, 4.69) is 16.9 Å². The van der Waals surface area contributed by atoms with E-state index < -0.39 is 5.60 Å². The van der Waals surface area contributed by atoms with Crippen LogP contribution >= 0.6 is 11.3 Å². The van der Waals surface area contributed by atoms with Gasteiger partial charge in [-0.25, -0.2) is 4.98 Å². The summed E-state index contributed by atoms with van der Waals surface area (Å²) in [6.45, 7) is 3.78. The van der Waals surface area contributed by atoms with Gasteiger partial charge in [0, 0.05) is 23.4 Å². The number of hydrogen-bond acceptors (Lipinski definition) is 6. The van der Waals surface area contributed by atoms with Gasteiger partial charge in [0.15, 0.2) is 0 Å². The SMILES string of the molecule is CCC(C)(O)Cc1cc2ncn(-c3ccc(OC4C[C@H]5CC[C@@H](C4)N5C)cc3)c(=O)c2s1. The highest BCUT2D eigenvalue weighted by atomic mass is 32.1. The summed E-state index contributed by atoms with van der Waals surface area (Å²) >= 11 is 1.42. The van der Waals surface area contributed by atoms with Gasteiger partial charge in [0.1, 0.15) is 22.9 Å². The normalized spacial score (nSPS) is 25.2. The number of benzene rings is 1. The second kappa shape index (κ2) is 8.28. The highest BCUT2D eigenvalue weighted by Crippen LogP contribution is 2.36. The number of ether oxygens (including phenoxy) is 1. The first-order chi connectivity index (χ1) is 15.3. The van der Waals surface area contributed by atoms with Gasteiger partial charge in [-0.15, -0.1) is 11.3 Å². The molecule has 1 N–H and O–H groups in total. The zero-order chi connectivity index (χ0) is 22.5. The number of aliphatic hydroxyl groups is 1. The molecule has 1 aromatic carbocycles. The topological polar surface area (TPSA) is 67.6 Å². The highest BCUT2D eigenvalue weighted by molar-refractivity contribution is 7.18. The van der Waals surface area contributed by atoms with Gasteiger partial charge in [-0.2, -0.15) is 0 Å². The van der Waals surface area contributed by atoms with Crippen LogP contribution < -0.4 is 10.3 Å². The lowest BCUT2D eigenvalue weighted by Crippen LogP contribution is -2.43. The number of thiophene rings is 1. The molecule has 2 aliphatic rings. The highest BCUT2D eigenvalue weighted by Gasteiger charge is 2.39. The van der Waals surface area contributed by atoms with Gasteiger partial charge >= 0.3 is 0 Å². The fraction of sp³-hybridized carbons (Fsp3) is 0.520. The lowest BCUT2D eigenvalue weighted by Gasteiger charge is -2.36. The van der Waals surface area contributed by atoms with Crippen molar-refractivity contribution in [2.24, 2.45) is 0 Å². The van der Waals surface area contributed by atoms with E-state index in [1.54, 1.807) is 10.9 Å².